The number of rotatable bonds is 16. The molecule has 0 aliphatic heterocycles. The third kappa shape index (κ3) is 14.7. The summed E-state index contributed by atoms with van der Waals surface area (Å²) in [6.45, 7) is 4.51. The van der Waals surface area contributed by atoms with Crippen molar-refractivity contribution in [1.82, 2.24) is 0 Å². The number of hydrogen-bond acceptors (Lipinski definition) is 0. The van der Waals surface area contributed by atoms with Gasteiger partial charge in [-0.15, -0.1) is 33.2 Å². The zero-order chi connectivity index (χ0) is 16.7. The van der Waals surface area contributed by atoms with Crippen molar-refractivity contribution >= 4 is 39.2 Å². The van der Waals surface area contributed by atoms with Gasteiger partial charge in [-0.2, -0.15) is 0 Å². The lowest BCUT2D eigenvalue weighted by molar-refractivity contribution is 0.529. The molecule has 0 rings (SSSR count). The van der Waals surface area contributed by atoms with Crippen LogP contribution in [0.3, 0.4) is 0 Å². The van der Waals surface area contributed by atoms with E-state index in [9.17, 15) is 0 Å². The molecule has 0 aromatic rings. The van der Waals surface area contributed by atoms with Gasteiger partial charge >= 0.3 is 6.00 Å². The molecule has 0 saturated heterocycles. The fraction of sp³-hybridized carbons (Fsp3) is 1.00. The maximum atomic E-state index is 6.29. The third-order valence-corrected chi connectivity index (χ3v) is 8.81. The van der Waals surface area contributed by atoms with Crippen LogP contribution >= 0.6 is 33.2 Å². The minimum Gasteiger partial charge on any atom is -0.126 e. The Morgan fingerprint density at radius 1 is 0.545 bits per heavy atom. The van der Waals surface area contributed by atoms with E-state index in [4.69, 9.17) is 33.2 Å². The first-order valence-electron chi connectivity index (χ1n) is 9.59. The van der Waals surface area contributed by atoms with Crippen molar-refractivity contribution in [1.29, 1.82) is 0 Å². The van der Waals surface area contributed by atoms with E-state index in [0.29, 0.717) is 5.54 Å². The Balaban J connectivity index is 3.63. The Morgan fingerprint density at radius 3 is 1.23 bits per heavy atom. The number of halogens is 3. The second-order valence-electron chi connectivity index (χ2n) is 6.70. The normalized spacial score (nSPS) is 13.5. The molecule has 4 heteroatoms. The fourth-order valence-corrected chi connectivity index (χ4v) is 6.02. The Morgan fingerprint density at radius 2 is 0.864 bits per heavy atom. The third-order valence-electron chi connectivity index (χ3n) is 4.53. The highest BCUT2D eigenvalue weighted by Gasteiger charge is 2.35. The standard InChI is InChI=1S/C18H37Cl3Si/c1-3-5-7-9-10-11-12-13-15-17-18(22(19,20)21)16-14-8-6-4-2/h18H,3-17H2,1-2H3. The van der Waals surface area contributed by atoms with Crippen LogP contribution in [0.5, 0.6) is 0 Å². The Hall–Kier alpha value is 1.09. The van der Waals surface area contributed by atoms with E-state index in [0.717, 1.165) is 12.8 Å². The molecule has 0 aliphatic rings. The molecule has 0 bridgehead atoms. The topological polar surface area (TPSA) is 0 Å². The van der Waals surface area contributed by atoms with E-state index >= 15 is 0 Å². The highest BCUT2D eigenvalue weighted by Crippen LogP contribution is 2.41. The number of hydrogen-bond donors (Lipinski definition) is 0. The van der Waals surface area contributed by atoms with E-state index in [1.807, 2.05) is 0 Å². The van der Waals surface area contributed by atoms with Crippen molar-refractivity contribution in [2.24, 2.45) is 0 Å². The van der Waals surface area contributed by atoms with Crippen LogP contribution in [-0.2, 0) is 0 Å². The summed E-state index contributed by atoms with van der Waals surface area (Å²) in [4.78, 5) is 0. The molecular weight excluding hydrogens is 351 g/mol. The molecule has 134 valence electrons. The fourth-order valence-electron chi connectivity index (χ4n) is 2.99. The largest absolute Gasteiger partial charge is 0.344 e. The Labute approximate surface area is 154 Å². The SMILES string of the molecule is CCCCCCCCCCCC(CCCCCC)[Si](Cl)(Cl)Cl. The molecule has 0 aromatic carbocycles. The van der Waals surface area contributed by atoms with Gasteiger partial charge in [-0.25, -0.2) is 0 Å². The van der Waals surface area contributed by atoms with Gasteiger partial charge in [0.05, 0.1) is 0 Å². The first-order valence-corrected chi connectivity index (χ1v) is 14.7. The van der Waals surface area contributed by atoms with Crippen molar-refractivity contribution in [2.45, 2.75) is 116 Å². The molecule has 0 N–H and O–H groups in total. The lowest BCUT2D eigenvalue weighted by Crippen LogP contribution is -2.20. The van der Waals surface area contributed by atoms with E-state index in [2.05, 4.69) is 13.8 Å². The maximum Gasteiger partial charge on any atom is 0.344 e. The average molecular weight is 388 g/mol. The second-order valence-corrected chi connectivity index (χ2v) is 15.7. The first kappa shape index (κ1) is 23.1. The van der Waals surface area contributed by atoms with Crippen molar-refractivity contribution in [2.75, 3.05) is 0 Å². The summed E-state index contributed by atoms with van der Waals surface area (Å²) in [5, 5.41) is 0. The van der Waals surface area contributed by atoms with Gasteiger partial charge in [0.1, 0.15) is 0 Å². The smallest absolute Gasteiger partial charge is 0.126 e. The quantitative estimate of drug-likeness (QED) is 0.141. The maximum absolute atomic E-state index is 6.29. The van der Waals surface area contributed by atoms with Gasteiger partial charge in [-0.1, -0.05) is 97.3 Å². The lowest BCUT2D eigenvalue weighted by Gasteiger charge is -2.22. The van der Waals surface area contributed by atoms with Crippen LogP contribution in [0.4, 0.5) is 0 Å². The van der Waals surface area contributed by atoms with Gasteiger partial charge < -0.3 is 0 Å². The van der Waals surface area contributed by atoms with Gasteiger partial charge in [0, 0.05) is 0 Å². The summed E-state index contributed by atoms with van der Waals surface area (Å²) in [6.07, 6.45) is 19.6. The van der Waals surface area contributed by atoms with Crippen LogP contribution in [0.15, 0.2) is 0 Å². The predicted molar refractivity (Wildman–Crippen MR) is 108 cm³/mol. The van der Waals surface area contributed by atoms with Gasteiger partial charge in [0.2, 0.25) is 0 Å². The molecule has 0 spiro atoms. The molecular formula is C18H37Cl3Si. The van der Waals surface area contributed by atoms with Gasteiger partial charge in [0.25, 0.3) is 0 Å². The first-order chi connectivity index (χ1) is 10.5. The molecule has 1 unspecified atom stereocenters. The molecule has 0 radical (unpaired) electrons. The van der Waals surface area contributed by atoms with Crippen LogP contribution in [0.25, 0.3) is 0 Å². The zero-order valence-corrected chi connectivity index (χ0v) is 18.1. The number of unbranched alkanes of at least 4 members (excludes halogenated alkanes) is 11. The molecule has 1 atom stereocenters. The highest BCUT2D eigenvalue weighted by atomic mass is 35.8. The molecule has 0 aliphatic carbocycles. The van der Waals surface area contributed by atoms with Gasteiger partial charge in [-0.05, 0) is 18.4 Å². The summed E-state index contributed by atoms with van der Waals surface area (Å²) in [5.41, 5.74) is 0.374. The summed E-state index contributed by atoms with van der Waals surface area (Å²) in [7, 11) is 0. The summed E-state index contributed by atoms with van der Waals surface area (Å²) in [5.74, 6) is 0. The van der Waals surface area contributed by atoms with Gasteiger partial charge in [0.15, 0.2) is 0 Å². The average Bonchev–Trinajstić information content (AvgIpc) is 2.46. The predicted octanol–water partition coefficient (Wildman–Crippen LogP) is 8.90. The molecule has 0 amide bonds. The van der Waals surface area contributed by atoms with Gasteiger partial charge in [-0.3, -0.25) is 0 Å². The van der Waals surface area contributed by atoms with Crippen molar-refractivity contribution in [3.05, 3.63) is 0 Å². The van der Waals surface area contributed by atoms with E-state index in [1.165, 1.54) is 83.5 Å². The van der Waals surface area contributed by atoms with E-state index in [1.54, 1.807) is 0 Å². The van der Waals surface area contributed by atoms with Crippen molar-refractivity contribution in [3.63, 3.8) is 0 Å². The highest BCUT2D eigenvalue weighted by molar-refractivity contribution is 7.65. The van der Waals surface area contributed by atoms with Crippen LogP contribution < -0.4 is 0 Å². The minimum absolute atomic E-state index is 0.374. The molecule has 0 nitrogen and oxygen atoms in total. The lowest BCUT2D eigenvalue weighted by atomic mass is 10.0. The minimum atomic E-state index is -2.52. The molecule has 0 aromatic heterocycles. The van der Waals surface area contributed by atoms with Crippen LogP contribution in [0, 0.1) is 0 Å². The van der Waals surface area contributed by atoms with Crippen molar-refractivity contribution in [3.8, 4) is 0 Å². The van der Waals surface area contributed by atoms with E-state index in [-0.39, 0.29) is 0 Å². The van der Waals surface area contributed by atoms with Crippen LogP contribution in [0.2, 0.25) is 5.54 Å². The molecule has 0 heterocycles. The molecule has 22 heavy (non-hydrogen) atoms. The molecule has 0 fully saturated rings. The monoisotopic (exact) mass is 386 g/mol. The van der Waals surface area contributed by atoms with Crippen LogP contribution in [0.1, 0.15) is 110 Å². The molecule has 0 saturated carbocycles. The second kappa shape index (κ2) is 15.6. The zero-order valence-electron chi connectivity index (χ0n) is 14.8. The summed E-state index contributed by atoms with van der Waals surface area (Å²) < 4.78 is 0. The summed E-state index contributed by atoms with van der Waals surface area (Å²) in [6, 6.07) is -2.52. The summed E-state index contributed by atoms with van der Waals surface area (Å²) >= 11 is 18.9. The Kier molecular flexibility index (Phi) is 16.4. The van der Waals surface area contributed by atoms with E-state index < -0.39 is 6.00 Å². The Bertz CT molecular complexity index is 229. The van der Waals surface area contributed by atoms with Crippen LogP contribution in [-0.4, -0.2) is 6.00 Å². The van der Waals surface area contributed by atoms with Crippen molar-refractivity contribution < 1.29 is 0 Å².